The molecule has 1 aromatic heterocycles. The predicted octanol–water partition coefficient (Wildman–Crippen LogP) is 3.81. The second-order valence-electron chi connectivity index (χ2n) is 6.23. The van der Waals surface area contributed by atoms with E-state index >= 15 is 0 Å². The van der Waals surface area contributed by atoms with Crippen molar-refractivity contribution in [3.63, 3.8) is 0 Å². The third-order valence-corrected chi connectivity index (χ3v) is 4.30. The molecule has 6 heteroatoms. The summed E-state index contributed by atoms with van der Waals surface area (Å²) in [5.41, 5.74) is 0.886. The van der Waals surface area contributed by atoms with Crippen LogP contribution in [0.4, 0.5) is 10.2 Å². The molecule has 0 radical (unpaired) electrons. The monoisotopic (exact) mass is 370 g/mol. The third kappa shape index (κ3) is 4.71. The lowest BCUT2D eigenvalue weighted by Crippen LogP contribution is -2.28. The molecule has 144 valence electrons. The van der Waals surface area contributed by atoms with E-state index in [0.29, 0.717) is 17.7 Å². The van der Waals surface area contributed by atoms with E-state index in [1.807, 2.05) is 46.1 Å². The number of benzene rings is 2. The van der Waals surface area contributed by atoms with E-state index in [1.54, 1.807) is 25.2 Å². The van der Waals surface area contributed by atoms with E-state index in [-0.39, 0.29) is 17.4 Å². The van der Waals surface area contributed by atoms with Crippen molar-refractivity contribution in [2.24, 2.45) is 7.05 Å². The molecule has 0 saturated carbocycles. The van der Waals surface area contributed by atoms with Crippen LogP contribution in [0.1, 0.15) is 25.5 Å². The minimum Gasteiger partial charge on any atom is -0.366 e. The van der Waals surface area contributed by atoms with Gasteiger partial charge in [0.05, 0.1) is 11.4 Å². The first kappa shape index (κ1) is 20.6. The molecule has 1 N–H and O–H groups in total. The van der Waals surface area contributed by atoms with Crippen LogP contribution in [0.3, 0.4) is 0 Å². The molecule has 0 aliphatic heterocycles. The van der Waals surface area contributed by atoms with Crippen molar-refractivity contribution < 1.29 is 4.39 Å². The number of aromatic nitrogens is 2. The molecule has 0 saturated heterocycles. The summed E-state index contributed by atoms with van der Waals surface area (Å²) in [6.07, 6.45) is 0. The molecule has 0 spiro atoms. The molecule has 0 aliphatic rings. The Bertz CT molecular complexity index is 935. The van der Waals surface area contributed by atoms with Crippen LogP contribution in [-0.4, -0.2) is 35.3 Å². The fourth-order valence-electron chi connectivity index (χ4n) is 2.91. The largest absolute Gasteiger partial charge is 0.366 e. The summed E-state index contributed by atoms with van der Waals surface area (Å²) in [7, 11) is 5.59. The number of rotatable bonds is 5. The number of likely N-dealkylation sites (N-methyl/N-ethyl adjacent to an activating group) is 1. The van der Waals surface area contributed by atoms with E-state index in [0.717, 1.165) is 10.9 Å². The van der Waals surface area contributed by atoms with Crippen molar-refractivity contribution in [1.29, 1.82) is 0 Å². The summed E-state index contributed by atoms with van der Waals surface area (Å²) >= 11 is 0. The van der Waals surface area contributed by atoms with Crippen LogP contribution in [-0.2, 0) is 7.05 Å². The number of nitrogens with zero attached hydrogens (tertiary/aromatic N) is 3. The zero-order valence-corrected chi connectivity index (χ0v) is 16.5. The standard InChI is InChI=1S/C19H21FN4O.C2H6/c1-23(2)17(13-8-10-14(20)11-9-13)12-21-18-15-6-4-5-7-16(15)19(25)24(3)22-18;1-2/h4-11,17H,12H2,1-3H3,(H,21,22);1-2H3. The zero-order chi connectivity index (χ0) is 20.0. The molecule has 27 heavy (non-hydrogen) atoms. The molecular formula is C21H27FN4O. The first-order chi connectivity index (χ1) is 13.0. The van der Waals surface area contributed by atoms with Gasteiger partial charge in [-0.1, -0.05) is 44.2 Å². The van der Waals surface area contributed by atoms with Crippen molar-refractivity contribution in [3.05, 3.63) is 70.3 Å². The average molecular weight is 370 g/mol. The molecule has 3 rings (SSSR count). The molecule has 5 nitrogen and oxygen atoms in total. The lowest BCUT2D eigenvalue weighted by Gasteiger charge is -2.25. The fourth-order valence-corrected chi connectivity index (χ4v) is 2.91. The van der Waals surface area contributed by atoms with Crippen LogP contribution >= 0.6 is 0 Å². The number of hydrogen-bond acceptors (Lipinski definition) is 4. The Morgan fingerprint density at radius 2 is 1.67 bits per heavy atom. The van der Waals surface area contributed by atoms with E-state index in [4.69, 9.17) is 0 Å². The lowest BCUT2D eigenvalue weighted by atomic mass is 10.1. The Labute approximate surface area is 159 Å². The van der Waals surface area contributed by atoms with Crippen LogP contribution in [0.15, 0.2) is 53.3 Å². The van der Waals surface area contributed by atoms with Crippen molar-refractivity contribution in [2.75, 3.05) is 26.0 Å². The summed E-state index contributed by atoms with van der Waals surface area (Å²) in [6.45, 7) is 4.58. The molecule has 3 aromatic rings. The molecule has 0 amide bonds. The number of nitrogens with one attached hydrogen (secondary N) is 1. The van der Waals surface area contributed by atoms with Gasteiger partial charge in [0.1, 0.15) is 5.82 Å². The van der Waals surface area contributed by atoms with Gasteiger partial charge in [-0.3, -0.25) is 4.79 Å². The van der Waals surface area contributed by atoms with Crippen molar-refractivity contribution in [1.82, 2.24) is 14.7 Å². The van der Waals surface area contributed by atoms with E-state index in [2.05, 4.69) is 15.3 Å². The highest BCUT2D eigenvalue weighted by Gasteiger charge is 2.16. The van der Waals surface area contributed by atoms with Crippen molar-refractivity contribution >= 4 is 16.6 Å². The summed E-state index contributed by atoms with van der Waals surface area (Å²) in [6, 6.07) is 14.0. The molecule has 0 bridgehead atoms. The first-order valence-electron chi connectivity index (χ1n) is 9.09. The highest BCUT2D eigenvalue weighted by Crippen LogP contribution is 2.22. The average Bonchev–Trinajstić information content (AvgIpc) is 2.68. The maximum atomic E-state index is 13.2. The van der Waals surface area contributed by atoms with E-state index in [9.17, 15) is 9.18 Å². The number of halogens is 1. The Hall–Kier alpha value is -2.73. The molecule has 2 aromatic carbocycles. The van der Waals surface area contributed by atoms with Gasteiger partial charge >= 0.3 is 0 Å². The van der Waals surface area contributed by atoms with Gasteiger partial charge in [-0.05, 0) is 37.9 Å². The van der Waals surface area contributed by atoms with Gasteiger partial charge in [-0.2, -0.15) is 5.10 Å². The Morgan fingerprint density at radius 1 is 1.07 bits per heavy atom. The highest BCUT2D eigenvalue weighted by molar-refractivity contribution is 5.90. The van der Waals surface area contributed by atoms with Crippen LogP contribution in [0.5, 0.6) is 0 Å². The fraction of sp³-hybridized carbons (Fsp3) is 0.333. The third-order valence-electron chi connectivity index (χ3n) is 4.30. The molecule has 0 fully saturated rings. The maximum absolute atomic E-state index is 13.2. The molecular weight excluding hydrogens is 343 g/mol. The van der Waals surface area contributed by atoms with Crippen LogP contribution in [0.2, 0.25) is 0 Å². The van der Waals surface area contributed by atoms with Gasteiger partial charge in [0, 0.05) is 19.0 Å². The Balaban J connectivity index is 0.00000126. The Kier molecular flexibility index (Phi) is 7.07. The number of hydrogen-bond donors (Lipinski definition) is 1. The normalized spacial score (nSPS) is 11.8. The number of fused-ring (bicyclic) bond motifs is 1. The molecule has 1 unspecified atom stereocenters. The topological polar surface area (TPSA) is 50.2 Å². The van der Waals surface area contributed by atoms with Gasteiger partial charge in [0.15, 0.2) is 5.82 Å². The minimum atomic E-state index is -0.250. The van der Waals surface area contributed by atoms with Crippen LogP contribution in [0, 0.1) is 5.82 Å². The summed E-state index contributed by atoms with van der Waals surface area (Å²) < 4.78 is 14.5. The van der Waals surface area contributed by atoms with E-state index in [1.165, 1.54) is 16.8 Å². The Morgan fingerprint density at radius 3 is 2.26 bits per heavy atom. The minimum absolute atomic E-state index is 0.0402. The summed E-state index contributed by atoms with van der Waals surface area (Å²) in [4.78, 5) is 14.3. The SMILES string of the molecule is CC.CN(C)C(CNc1nn(C)c(=O)c2ccccc12)c1ccc(F)cc1. The summed E-state index contributed by atoms with van der Waals surface area (Å²) in [5, 5.41) is 9.12. The van der Waals surface area contributed by atoms with Gasteiger partial charge in [-0.15, -0.1) is 0 Å². The zero-order valence-electron chi connectivity index (χ0n) is 16.5. The van der Waals surface area contributed by atoms with Crippen molar-refractivity contribution in [2.45, 2.75) is 19.9 Å². The smallest absolute Gasteiger partial charge is 0.274 e. The van der Waals surface area contributed by atoms with Gasteiger partial charge in [0.2, 0.25) is 0 Å². The van der Waals surface area contributed by atoms with Gasteiger partial charge in [-0.25, -0.2) is 9.07 Å². The van der Waals surface area contributed by atoms with Crippen molar-refractivity contribution in [3.8, 4) is 0 Å². The number of anilines is 1. The lowest BCUT2D eigenvalue weighted by molar-refractivity contribution is 0.311. The second kappa shape index (κ2) is 9.28. The van der Waals surface area contributed by atoms with Crippen LogP contribution in [0.25, 0.3) is 10.8 Å². The summed E-state index contributed by atoms with van der Waals surface area (Å²) in [5.74, 6) is 0.409. The van der Waals surface area contributed by atoms with Crippen LogP contribution < -0.4 is 10.9 Å². The molecule has 0 aliphatic carbocycles. The molecule has 1 atom stereocenters. The highest BCUT2D eigenvalue weighted by atomic mass is 19.1. The van der Waals surface area contributed by atoms with Gasteiger partial charge in [0.25, 0.3) is 5.56 Å². The predicted molar refractivity (Wildman–Crippen MR) is 110 cm³/mol. The van der Waals surface area contributed by atoms with E-state index < -0.39 is 0 Å². The maximum Gasteiger partial charge on any atom is 0.274 e. The molecule has 1 heterocycles. The quantitative estimate of drug-likeness (QED) is 0.742. The first-order valence-corrected chi connectivity index (χ1v) is 9.09. The number of aryl methyl sites for hydroxylation is 1. The second-order valence-corrected chi connectivity index (χ2v) is 6.23. The van der Waals surface area contributed by atoms with Gasteiger partial charge < -0.3 is 10.2 Å².